The van der Waals surface area contributed by atoms with Gasteiger partial charge in [0.25, 0.3) is 0 Å². The topological polar surface area (TPSA) is 84.5 Å². The van der Waals surface area contributed by atoms with E-state index in [9.17, 15) is 8.42 Å². The minimum Gasteiger partial charge on any atom is -0.370 e. The van der Waals surface area contributed by atoms with E-state index < -0.39 is 9.84 Å². The largest absolute Gasteiger partial charge is 0.370 e. The fraction of sp³-hybridized carbons (Fsp3) is 0.588. The van der Waals surface area contributed by atoms with Gasteiger partial charge in [-0.25, -0.2) is 13.4 Å². The lowest BCUT2D eigenvalue weighted by atomic mass is 10.1. The highest BCUT2D eigenvalue weighted by atomic mass is 127. The molecule has 1 aromatic rings. The monoisotopic (exact) mass is 465 g/mol. The Bertz CT molecular complexity index is 666. The number of aliphatic imine (C=N–C) groups is 1. The van der Waals surface area contributed by atoms with Crippen LogP contribution in [0.1, 0.15) is 49.7 Å². The van der Waals surface area contributed by atoms with Crippen LogP contribution in [0.3, 0.4) is 0 Å². The summed E-state index contributed by atoms with van der Waals surface area (Å²) in [6.07, 6.45) is 8.63. The molecule has 0 aromatic heterocycles. The molecule has 1 fully saturated rings. The Morgan fingerprint density at radius 2 is 1.88 bits per heavy atom. The molecule has 0 radical (unpaired) electrons. The zero-order valence-electron chi connectivity index (χ0n) is 14.4. The molecule has 5 nitrogen and oxygen atoms in total. The SMILES string of the molecule is Cc1cc(CN=C(N)NC2CCCCCC2)ccc1S(C)(=O)=O.I. The maximum absolute atomic E-state index is 11.6. The maximum Gasteiger partial charge on any atom is 0.189 e. The van der Waals surface area contributed by atoms with Crippen molar-refractivity contribution in [1.29, 1.82) is 0 Å². The molecule has 0 bridgehead atoms. The van der Waals surface area contributed by atoms with Crippen molar-refractivity contribution in [3.63, 3.8) is 0 Å². The van der Waals surface area contributed by atoms with E-state index in [-0.39, 0.29) is 24.0 Å². The summed E-state index contributed by atoms with van der Waals surface area (Å²) in [5, 5.41) is 3.31. The predicted octanol–water partition coefficient (Wildman–Crippen LogP) is 3.14. The highest BCUT2D eigenvalue weighted by Crippen LogP contribution is 2.18. The molecule has 1 aliphatic carbocycles. The van der Waals surface area contributed by atoms with Gasteiger partial charge in [-0.2, -0.15) is 0 Å². The van der Waals surface area contributed by atoms with Gasteiger partial charge in [0.1, 0.15) is 0 Å². The Hall–Kier alpha value is -0.830. The van der Waals surface area contributed by atoms with Gasteiger partial charge < -0.3 is 11.1 Å². The molecule has 3 N–H and O–H groups in total. The average molecular weight is 465 g/mol. The summed E-state index contributed by atoms with van der Waals surface area (Å²) in [5.41, 5.74) is 7.69. The quantitative estimate of drug-likeness (QED) is 0.310. The van der Waals surface area contributed by atoms with Crippen molar-refractivity contribution in [3.05, 3.63) is 29.3 Å². The van der Waals surface area contributed by atoms with Gasteiger partial charge in [-0.1, -0.05) is 37.8 Å². The minimum absolute atomic E-state index is 0. The molecule has 2 rings (SSSR count). The zero-order chi connectivity index (χ0) is 16.9. The Morgan fingerprint density at radius 3 is 2.42 bits per heavy atom. The number of nitrogens with two attached hydrogens (primary N) is 1. The van der Waals surface area contributed by atoms with Gasteiger partial charge in [-0.15, -0.1) is 24.0 Å². The molecule has 0 atom stereocenters. The van der Waals surface area contributed by atoms with Crippen LogP contribution in [-0.4, -0.2) is 26.7 Å². The lowest BCUT2D eigenvalue weighted by molar-refractivity contribution is 0.530. The first-order valence-corrected chi connectivity index (χ1v) is 10.1. The third-order valence-corrected chi connectivity index (χ3v) is 5.53. The summed E-state index contributed by atoms with van der Waals surface area (Å²) in [7, 11) is -3.18. The second kappa shape index (κ2) is 9.60. The molecule has 0 unspecified atom stereocenters. The smallest absolute Gasteiger partial charge is 0.189 e. The van der Waals surface area contributed by atoms with Crippen molar-refractivity contribution in [2.45, 2.75) is 62.9 Å². The van der Waals surface area contributed by atoms with Crippen LogP contribution in [0, 0.1) is 6.92 Å². The molecule has 24 heavy (non-hydrogen) atoms. The third-order valence-electron chi connectivity index (χ3n) is 4.28. The van der Waals surface area contributed by atoms with Gasteiger partial charge in [0.15, 0.2) is 15.8 Å². The lowest BCUT2D eigenvalue weighted by Gasteiger charge is -2.16. The van der Waals surface area contributed by atoms with E-state index in [1.54, 1.807) is 19.1 Å². The van der Waals surface area contributed by atoms with E-state index in [1.807, 2.05) is 6.07 Å². The number of halogens is 1. The van der Waals surface area contributed by atoms with E-state index in [0.29, 0.717) is 23.4 Å². The van der Waals surface area contributed by atoms with Gasteiger partial charge in [0, 0.05) is 12.3 Å². The average Bonchev–Trinajstić information content (AvgIpc) is 2.72. The van der Waals surface area contributed by atoms with Crippen LogP contribution in [0.4, 0.5) is 0 Å². The number of guanidine groups is 1. The van der Waals surface area contributed by atoms with Crippen LogP contribution in [0.15, 0.2) is 28.1 Å². The number of rotatable bonds is 4. The van der Waals surface area contributed by atoms with Crippen LogP contribution in [0.25, 0.3) is 0 Å². The van der Waals surface area contributed by atoms with Crippen LogP contribution in [-0.2, 0) is 16.4 Å². The van der Waals surface area contributed by atoms with Crippen LogP contribution >= 0.6 is 24.0 Å². The molecule has 1 aliphatic rings. The molecule has 1 saturated carbocycles. The van der Waals surface area contributed by atoms with E-state index in [1.165, 1.54) is 31.9 Å². The second-order valence-electron chi connectivity index (χ2n) is 6.41. The number of benzene rings is 1. The molecule has 0 aliphatic heterocycles. The van der Waals surface area contributed by atoms with Gasteiger partial charge in [-0.05, 0) is 37.0 Å². The lowest BCUT2D eigenvalue weighted by Crippen LogP contribution is -2.39. The van der Waals surface area contributed by atoms with Crippen LogP contribution < -0.4 is 11.1 Å². The summed E-state index contributed by atoms with van der Waals surface area (Å²) in [6, 6.07) is 5.73. The fourth-order valence-electron chi connectivity index (χ4n) is 3.08. The molecule has 0 saturated heterocycles. The highest BCUT2D eigenvalue weighted by Gasteiger charge is 2.13. The summed E-state index contributed by atoms with van der Waals surface area (Å²) in [6.45, 7) is 2.26. The molecule has 0 amide bonds. The Balaban J connectivity index is 0.00000288. The normalized spacial score (nSPS) is 17.0. The van der Waals surface area contributed by atoms with Crippen LogP contribution in [0.2, 0.25) is 0 Å². The Kier molecular flexibility index (Phi) is 8.49. The molecular weight excluding hydrogens is 437 g/mol. The first-order valence-electron chi connectivity index (χ1n) is 8.22. The summed E-state index contributed by atoms with van der Waals surface area (Å²) < 4.78 is 23.2. The van der Waals surface area contributed by atoms with Gasteiger partial charge >= 0.3 is 0 Å². The Morgan fingerprint density at radius 1 is 1.25 bits per heavy atom. The number of aryl methyl sites for hydroxylation is 1. The predicted molar refractivity (Wildman–Crippen MR) is 110 cm³/mol. The standard InChI is InChI=1S/C17H27N3O2S.HI/c1-13-11-14(9-10-16(13)23(2,21)22)12-19-17(18)20-15-7-5-3-4-6-8-15;/h9-11,15H,3-8,12H2,1-2H3,(H3,18,19,20);1H. The number of nitrogens with zero attached hydrogens (tertiary/aromatic N) is 1. The molecular formula is C17H28IN3O2S. The molecule has 7 heteroatoms. The van der Waals surface area contributed by atoms with Crippen molar-refractivity contribution < 1.29 is 8.42 Å². The molecule has 1 aromatic carbocycles. The van der Waals surface area contributed by atoms with E-state index >= 15 is 0 Å². The fourth-order valence-corrected chi connectivity index (χ4v) is 4.04. The molecule has 0 spiro atoms. The van der Waals surface area contributed by atoms with Crippen LogP contribution in [0.5, 0.6) is 0 Å². The second-order valence-corrected chi connectivity index (χ2v) is 8.39. The Labute approximate surface area is 162 Å². The van der Waals surface area contributed by atoms with E-state index in [4.69, 9.17) is 5.73 Å². The van der Waals surface area contributed by atoms with Crippen molar-refractivity contribution in [1.82, 2.24) is 5.32 Å². The van der Waals surface area contributed by atoms with E-state index in [0.717, 1.165) is 24.0 Å². The van der Waals surface area contributed by atoms with Gasteiger partial charge in [-0.3, -0.25) is 0 Å². The summed E-state index contributed by atoms with van der Waals surface area (Å²) in [4.78, 5) is 4.76. The number of nitrogens with one attached hydrogen (secondary N) is 1. The minimum atomic E-state index is -3.18. The molecule has 0 heterocycles. The number of sulfone groups is 1. The summed E-state index contributed by atoms with van der Waals surface area (Å²) in [5.74, 6) is 0.474. The van der Waals surface area contributed by atoms with E-state index in [2.05, 4.69) is 10.3 Å². The van der Waals surface area contributed by atoms with Crippen molar-refractivity contribution >= 4 is 39.8 Å². The zero-order valence-corrected chi connectivity index (χ0v) is 17.6. The van der Waals surface area contributed by atoms with Crippen molar-refractivity contribution in [2.24, 2.45) is 10.7 Å². The number of hydrogen-bond donors (Lipinski definition) is 2. The summed E-state index contributed by atoms with van der Waals surface area (Å²) >= 11 is 0. The van der Waals surface area contributed by atoms with Crippen molar-refractivity contribution in [2.75, 3.05) is 6.26 Å². The van der Waals surface area contributed by atoms with Crippen molar-refractivity contribution in [3.8, 4) is 0 Å². The third kappa shape index (κ3) is 6.58. The maximum atomic E-state index is 11.6. The first-order chi connectivity index (χ1) is 10.9. The van der Waals surface area contributed by atoms with Gasteiger partial charge in [0.2, 0.25) is 0 Å². The number of hydrogen-bond acceptors (Lipinski definition) is 3. The highest BCUT2D eigenvalue weighted by molar-refractivity contribution is 14.0. The molecule has 136 valence electrons. The first kappa shape index (κ1) is 21.2. The van der Waals surface area contributed by atoms with Gasteiger partial charge in [0.05, 0.1) is 11.4 Å².